The van der Waals surface area contributed by atoms with Gasteiger partial charge in [-0.25, -0.2) is 9.59 Å². The number of carbonyl (C=O) groups excluding carboxylic acids is 2. The zero-order valence-corrected chi connectivity index (χ0v) is 21.9. The number of nitriles is 1. The molecule has 198 valence electrons. The van der Waals surface area contributed by atoms with Crippen LogP contribution >= 0.6 is 0 Å². The van der Waals surface area contributed by atoms with Gasteiger partial charge in [-0.3, -0.25) is 0 Å². The molecule has 0 radical (unpaired) electrons. The van der Waals surface area contributed by atoms with Crippen molar-refractivity contribution in [3.8, 4) is 29.1 Å². The number of hydrogen-bond acceptors (Lipinski definition) is 7. The van der Waals surface area contributed by atoms with Crippen molar-refractivity contribution < 1.29 is 28.5 Å². The Balaban J connectivity index is 1.56. The maximum atomic E-state index is 12.7. The second-order valence-corrected chi connectivity index (χ2v) is 8.71. The predicted molar refractivity (Wildman–Crippen MR) is 144 cm³/mol. The molecule has 0 saturated heterocycles. The van der Waals surface area contributed by atoms with E-state index in [1.165, 1.54) is 36.4 Å². The van der Waals surface area contributed by atoms with Crippen LogP contribution in [0, 0.1) is 11.3 Å². The molecule has 0 saturated carbocycles. The Morgan fingerprint density at radius 3 is 1.84 bits per heavy atom. The third-order valence-corrected chi connectivity index (χ3v) is 5.69. The van der Waals surface area contributed by atoms with Gasteiger partial charge in [0.15, 0.2) is 0 Å². The molecule has 0 aliphatic heterocycles. The summed E-state index contributed by atoms with van der Waals surface area (Å²) >= 11 is 0. The molecule has 38 heavy (non-hydrogen) atoms. The Labute approximate surface area is 223 Å². The average molecular weight is 516 g/mol. The number of carbonyl (C=O) groups is 2. The van der Waals surface area contributed by atoms with Crippen molar-refractivity contribution in [3.63, 3.8) is 0 Å². The van der Waals surface area contributed by atoms with Crippen molar-refractivity contribution in [2.45, 2.75) is 52.4 Å². The number of hydrogen-bond donors (Lipinski definition) is 0. The van der Waals surface area contributed by atoms with E-state index >= 15 is 0 Å². The number of unbranched alkanes of at least 4 members (excludes halogenated alkanes) is 4. The van der Waals surface area contributed by atoms with Crippen molar-refractivity contribution >= 4 is 11.9 Å². The van der Waals surface area contributed by atoms with E-state index in [4.69, 9.17) is 18.9 Å². The molecule has 7 heteroatoms. The van der Waals surface area contributed by atoms with Gasteiger partial charge in [0, 0.05) is 0 Å². The third kappa shape index (κ3) is 8.67. The zero-order valence-electron chi connectivity index (χ0n) is 21.9. The summed E-state index contributed by atoms with van der Waals surface area (Å²) in [7, 11) is 0. The summed E-state index contributed by atoms with van der Waals surface area (Å²) in [6.07, 6.45) is 6.20. The molecule has 0 bridgehead atoms. The zero-order chi connectivity index (χ0) is 27.2. The van der Waals surface area contributed by atoms with Gasteiger partial charge >= 0.3 is 11.9 Å². The summed E-state index contributed by atoms with van der Waals surface area (Å²) in [6.45, 7) is 5.35. The third-order valence-electron chi connectivity index (χ3n) is 5.69. The second kappa shape index (κ2) is 15.1. The van der Waals surface area contributed by atoms with Gasteiger partial charge in [-0.05, 0) is 79.6 Å². The smallest absolute Gasteiger partial charge is 0.343 e. The number of rotatable bonds is 14. The molecule has 7 nitrogen and oxygen atoms in total. The lowest BCUT2D eigenvalue weighted by molar-refractivity contribution is 0.0730. The predicted octanol–water partition coefficient (Wildman–Crippen LogP) is 7.13. The monoisotopic (exact) mass is 515 g/mol. The van der Waals surface area contributed by atoms with Crippen LogP contribution in [0.2, 0.25) is 0 Å². The molecule has 0 aliphatic carbocycles. The molecule has 0 aliphatic rings. The molecule has 0 atom stereocenters. The van der Waals surface area contributed by atoms with Crippen LogP contribution in [0.5, 0.6) is 23.0 Å². The van der Waals surface area contributed by atoms with Gasteiger partial charge in [0.05, 0.1) is 29.9 Å². The van der Waals surface area contributed by atoms with Gasteiger partial charge in [0.25, 0.3) is 0 Å². The Morgan fingerprint density at radius 1 is 0.658 bits per heavy atom. The average Bonchev–Trinajstić information content (AvgIpc) is 2.94. The highest BCUT2D eigenvalue weighted by Crippen LogP contribution is 2.23. The van der Waals surface area contributed by atoms with Crippen molar-refractivity contribution in [3.05, 3.63) is 83.4 Å². The van der Waals surface area contributed by atoms with E-state index in [-0.39, 0.29) is 11.3 Å². The van der Waals surface area contributed by atoms with Gasteiger partial charge in [-0.15, -0.1) is 0 Å². The van der Waals surface area contributed by atoms with Gasteiger partial charge < -0.3 is 18.9 Å². The number of esters is 2. The highest BCUT2D eigenvalue weighted by atomic mass is 16.5. The number of ether oxygens (including phenoxy) is 4. The summed E-state index contributed by atoms with van der Waals surface area (Å²) in [5, 5.41) is 9.35. The molecule has 3 aromatic rings. The van der Waals surface area contributed by atoms with Crippen molar-refractivity contribution in [1.82, 2.24) is 0 Å². The van der Waals surface area contributed by atoms with Crippen molar-refractivity contribution in [1.29, 1.82) is 5.26 Å². The first kappa shape index (κ1) is 28.3. The van der Waals surface area contributed by atoms with Crippen LogP contribution in [0.25, 0.3) is 0 Å². The Kier molecular flexibility index (Phi) is 11.2. The first-order valence-corrected chi connectivity index (χ1v) is 13.0. The maximum Gasteiger partial charge on any atom is 0.343 e. The summed E-state index contributed by atoms with van der Waals surface area (Å²) in [6, 6.07) is 19.6. The minimum absolute atomic E-state index is 0.262. The van der Waals surface area contributed by atoms with E-state index in [2.05, 4.69) is 19.9 Å². The van der Waals surface area contributed by atoms with E-state index in [9.17, 15) is 14.9 Å². The Morgan fingerprint density at radius 2 is 1.21 bits per heavy atom. The maximum absolute atomic E-state index is 12.7. The van der Waals surface area contributed by atoms with Crippen LogP contribution < -0.4 is 18.9 Å². The highest BCUT2D eigenvalue weighted by Gasteiger charge is 2.14. The fourth-order valence-electron chi connectivity index (χ4n) is 3.50. The topological polar surface area (TPSA) is 94.8 Å². The summed E-state index contributed by atoms with van der Waals surface area (Å²) in [5.41, 5.74) is 0.932. The molecule has 0 heterocycles. The lowest BCUT2D eigenvalue weighted by Crippen LogP contribution is -2.11. The van der Waals surface area contributed by atoms with Crippen LogP contribution in [0.3, 0.4) is 0 Å². The highest BCUT2D eigenvalue weighted by molar-refractivity contribution is 5.93. The molecule has 0 unspecified atom stereocenters. The minimum atomic E-state index is -0.595. The van der Waals surface area contributed by atoms with Gasteiger partial charge in [-0.1, -0.05) is 39.5 Å². The normalized spacial score (nSPS) is 10.3. The van der Waals surface area contributed by atoms with Gasteiger partial charge in [0.1, 0.15) is 29.1 Å². The summed E-state index contributed by atoms with van der Waals surface area (Å²) in [5.74, 6) is 0.621. The van der Waals surface area contributed by atoms with Gasteiger partial charge in [0.2, 0.25) is 0 Å². The number of nitrogens with zero attached hydrogens (tertiary/aromatic N) is 1. The Hall–Kier alpha value is -4.31. The molecular formula is C31H33NO6. The van der Waals surface area contributed by atoms with E-state index in [1.807, 2.05) is 0 Å². The molecule has 0 fully saturated rings. The van der Waals surface area contributed by atoms with Crippen LogP contribution in [0.15, 0.2) is 66.7 Å². The van der Waals surface area contributed by atoms with E-state index in [0.29, 0.717) is 35.8 Å². The standard InChI is InChI=1S/C31H33NO6/c1-3-5-7-8-20-36-29-21-24(9-10-25(29)22-32)31(34)38-27-13-11-23(12-14-27)30(33)37-28-17-15-26(16-18-28)35-19-6-4-2/h9-18,21H,3-8,19-20H2,1-2H3. The lowest BCUT2D eigenvalue weighted by atomic mass is 10.1. The van der Waals surface area contributed by atoms with Crippen molar-refractivity contribution in [2.75, 3.05) is 13.2 Å². The van der Waals surface area contributed by atoms with Crippen LogP contribution in [0.4, 0.5) is 0 Å². The molecule has 0 N–H and O–H groups in total. The fraction of sp³-hybridized carbons (Fsp3) is 0.323. The van der Waals surface area contributed by atoms with Gasteiger partial charge in [-0.2, -0.15) is 5.26 Å². The molecule has 0 spiro atoms. The van der Waals surface area contributed by atoms with E-state index < -0.39 is 11.9 Å². The fourth-order valence-corrected chi connectivity index (χ4v) is 3.50. The molecule has 3 aromatic carbocycles. The van der Waals surface area contributed by atoms with Crippen molar-refractivity contribution in [2.24, 2.45) is 0 Å². The SMILES string of the molecule is CCCCCCOc1cc(C(=O)Oc2ccc(C(=O)Oc3ccc(OCCCC)cc3)cc2)ccc1C#N. The molecule has 0 amide bonds. The lowest BCUT2D eigenvalue weighted by Gasteiger charge is -2.10. The van der Waals surface area contributed by atoms with Crippen LogP contribution in [0.1, 0.15) is 78.7 Å². The first-order chi connectivity index (χ1) is 18.5. The van der Waals surface area contributed by atoms with E-state index in [0.717, 1.165) is 44.3 Å². The van der Waals surface area contributed by atoms with Crippen LogP contribution in [-0.4, -0.2) is 25.2 Å². The van der Waals surface area contributed by atoms with E-state index in [1.54, 1.807) is 30.3 Å². The van der Waals surface area contributed by atoms with Crippen LogP contribution in [-0.2, 0) is 0 Å². The minimum Gasteiger partial charge on any atom is -0.494 e. The largest absolute Gasteiger partial charge is 0.494 e. The molecular weight excluding hydrogens is 482 g/mol. The number of benzene rings is 3. The first-order valence-electron chi connectivity index (χ1n) is 13.0. The summed E-state index contributed by atoms with van der Waals surface area (Å²) < 4.78 is 22.2. The molecule has 0 aromatic heterocycles. The second-order valence-electron chi connectivity index (χ2n) is 8.71. The molecule has 3 rings (SSSR count). The summed E-state index contributed by atoms with van der Waals surface area (Å²) in [4.78, 5) is 25.2. The Bertz CT molecular complexity index is 1230. The quantitative estimate of drug-likeness (QED) is 0.128.